The number of rotatable bonds is 6. The van der Waals surface area contributed by atoms with Gasteiger partial charge in [-0.2, -0.15) is 0 Å². The van der Waals surface area contributed by atoms with Gasteiger partial charge in [-0.3, -0.25) is 14.4 Å². The van der Waals surface area contributed by atoms with Gasteiger partial charge in [0.1, 0.15) is 12.7 Å². The van der Waals surface area contributed by atoms with Crippen LogP contribution in [-0.2, 0) is 23.9 Å². The molecular weight excluding hydrogens is 636 g/mol. The van der Waals surface area contributed by atoms with E-state index in [1.165, 1.54) is 64.6 Å². The third-order valence-electron chi connectivity index (χ3n) is 17.8. The number of piperidine rings is 2. The summed E-state index contributed by atoms with van der Waals surface area (Å²) in [7, 11) is 0. The number of fused-ring (bicyclic) bond motifs is 7. The van der Waals surface area contributed by atoms with Crippen molar-refractivity contribution in [2.45, 2.75) is 157 Å². The zero-order valence-electron chi connectivity index (χ0n) is 33.3. The summed E-state index contributed by atoms with van der Waals surface area (Å²) in [5.41, 5.74) is 0.948. The highest BCUT2D eigenvalue weighted by atomic mass is 16.6. The molecule has 0 aromatic carbocycles. The molecule has 7 nitrogen and oxygen atoms in total. The minimum absolute atomic E-state index is 0.0546. The third kappa shape index (κ3) is 5.77. The molecule has 0 N–H and O–H groups in total. The van der Waals surface area contributed by atoms with E-state index in [1.807, 2.05) is 0 Å². The molecule has 7 rings (SSSR count). The van der Waals surface area contributed by atoms with Crippen molar-refractivity contribution in [1.29, 1.82) is 0 Å². The molecule has 0 bridgehead atoms. The Bertz CT molecular complexity index is 1380. The lowest BCUT2D eigenvalue weighted by atomic mass is 9.32. The average Bonchev–Trinajstić information content (AvgIpc) is 3.50. The number of amides is 1. The van der Waals surface area contributed by atoms with Gasteiger partial charge >= 0.3 is 11.9 Å². The first-order valence-corrected chi connectivity index (χ1v) is 21.1. The van der Waals surface area contributed by atoms with Crippen molar-refractivity contribution in [1.82, 2.24) is 9.80 Å². The van der Waals surface area contributed by atoms with Crippen molar-refractivity contribution >= 4 is 17.8 Å². The SMILES string of the molecule is C=C(C)[C@@H]1CC[C@]2(C(=O)N3CCC(N4CCCCC4)CC3)CC[C@]3(C)[C@H](CC[C@@H]4[C@@]5(C)CC[C@H](OC(C)=O)[C@@](C)(COC(C)=O)[C@@H]5CC[C@]43C)[C@@H]12. The lowest BCUT2D eigenvalue weighted by Gasteiger charge is -2.73. The normalized spacial score (nSPS) is 45.8. The van der Waals surface area contributed by atoms with Gasteiger partial charge < -0.3 is 19.3 Å². The standard InChI is InChI=1S/C44H70N2O5/c1-29(2)33-14-21-44(39(49)46-26-17-32(18-27-46)45-24-10-9-11-25-45)23-22-42(7)34(38(33)44)12-13-36-40(5)19-16-37(51-31(4)48)41(6,28-50-30(3)47)35(40)15-20-43(36,42)8/h32-38H,1,9-28H2,2-8H3/t33-,34+,35+,36+,37-,38+,40-,41-,42+,43+,44-/m0/s1. The van der Waals surface area contributed by atoms with Gasteiger partial charge in [-0.05, 0) is 156 Å². The molecule has 0 spiro atoms. The van der Waals surface area contributed by atoms with Crippen LogP contribution >= 0.6 is 0 Å². The van der Waals surface area contributed by atoms with E-state index in [-0.39, 0.29) is 39.7 Å². The molecule has 2 aliphatic heterocycles. The fourth-order valence-electron chi connectivity index (χ4n) is 15.2. The van der Waals surface area contributed by atoms with Crippen LogP contribution in [0, 0.1) is 56.7 Å². The maximum Gasteiger partial charge on any atom is 0.302 e. The van der Waals surface area contributed by atoms with Crippen molar-refractivity contribution < 1.29 is 23.9 Å². The van der Waals surface area contributed by atoms with Crippen molar-refractivity contribution in [3.8, 4) is 0 Å². The van der Waals surface area contributed by atoms with Crippen LogP contribution in [0.15, 0.2) is 12.2 Å². The van der Waals surface area contributed by atoms with Gasteiger partial charge in [0, 0.05) is 38.4 Å². The largest absolute Gasteiger partial charge is 0.465 e. The van der Waals surface area contributed by atoms with E-state index in [1.54, 1.807) is 0 Å². The highest BCUT2D eigenvalue weighted by Crippen LogP contribution is 2.77. The third-order valence-corrected chi connectivity index (χ3v) is 17.8. The first-order valence-electron chi connectivity index (χ1n) is 21.1. The highest BCUT2D eigenvalue weighted by molar-refractivity contribution is 5.84. The van der Waals surface area contributed by atoms with Gasteiger partial charge in [0.15, 0.2) is 0 Å². The molecule has 5 saturated carbocycles. The number of allylic oxidation sites excluding steroid dienone is 1. The molecule has 2 saturated heterocycles. The second-order valence-electron chi connectivity index (χ2n) is 19.9. The average molecular weight is 707 g/mol. The Hall–Kier alpha value is -1.89. The molecule has 286 valence electrons. The van der Waals surface area contributed by atoms with Gasteiger partial charge in [-0.1, -0.05) is 46.3 Å². The quantitative estimate of drug-likeness (QED) is 0.204. The number of hydrogen-bond acceptors (Lipinski definition) is 6. The molecule has 7 heteroatoms. The Morgan fingerprint density at radius 1 is 0.706 bits per heavy atom. The Morgan fingerprint density at radius 3 is 2.06 bits per heavy atom. The summed E-state index contributed by atoms with van der Waals surface area (Å²) in [5, 5.41) is 0. The molecule has 5 aliphatic carbocycles. The smallest absolute Gasteiger partial charge is 0.302 e. The van der Waals surface area contributed by atoms with Crippen LogP contribution in [0.4, 0.5) is 0 Å². The van der Waals surface area contributed by atoms with Crippen LogP contribution in [0.25, 0.3) is 0 Å². The summed E-state index contributed by atoms with van der Waals surface area (Å²) in [5.74, 6) is 2.10. The summed E-state index contributed by atoms with van der Waals surface area (Å²) < 4.78 is 11.8. The predicted octanol–water partition coefficient (Wildman–Crippen LogP) is 8.60. The topological polar surface area (TPSA) is 76.2 Å². The van der Waals surface area contributed by atoms with Crippen molar-refractivity contribution in [2.75, 3.05) is 32.8 Å². The van der Waals surface area contributed by atoms with Gasteiger partial charge in [0.05, 0.1) is 5.41 Å². The van der Waals surface area contributed by atoms with E-state index in [4.69, 9.17) is 9.47 Å². The van der Waals surface area contributed by atoms with Crippen LogP contribution in [0.2, 0.25) is 0 Å². The second kappa shape index (κ2) is 13.4. The molecule has 1 amide bonds. The number of likely N-dealkylation sites (tertiary alicyclic amines) is 2. The lowest BCUT2D eigenvalue weighted by Crippen LogP contribution is -2.68. The van der Waals surface area contributed by atoms with Crippen molar-refractivity contribution in [2.24, 2.45) is 56.7 Å². The number of carbonyl (C=O) groups excluding carboxylic acids is 3. The zero-order valence-corrected chi connectivity index (χ0v) is 33.3. The number of hydrogen-bond donors (Lipinski definition) is 0. The van der Waals surface area contributed by atoms with Crippen molar-refractivity contribution in [3.05, 3.63) is 12.2 Å². The molecule has 2 heterocycles. The van der Waals surface area contributed by atoms with E-state index in [9.17, 15) is 9.59 Å². The van der Waals surface area contributed by atoms with Gasteiger partial charge in [0.25, 0.3) is 0 Å². The molecule has 0 aromatic rings. The zero-order chi connectivity index (χ0) is 36.6. The molecule has 7 aliphatic rings. The van der Waals surface area contributed by atoms with Crippen molar-refractivity contribution in [3.63, 3.8) is 0 Å². The van der Waals surface area contributed by atoms with E-state index in [0.29, 0.717) is 48.1 Å². The minimum Gasteiger partial charge on any atom is -0.465 e. The molecule has 7 fully saturated rings. The minimum atomic E-state index is -0.421. The van der Waals surface area contributed by atoms with Gasteiger partial charge in [-0.15, -0.1) is 0 Å². The monoisotopic (exact) mass is 707 g/mol. The summed E-state index contributed by atoms with van der Waals surface area (Å²) in [6, 6.07) is 0.649. The summed E-state index contributed by atoms with van der Waals surface area (Å²) in [6.45, 7) is 24.5. The Balaban J connectivity index is 1.16. The summed E-state index contributed by atoms with van der Waals surface area (Å²) in [6.07, 6.45) is 16.7. The maximum absolute atomic E-state index is 15.1. The molecule has 0 radical (unpaired) electrons. The number of ether oxygens (including phenoxy) is 2. The summed E-state index contributed by atoms with van der Waals surface area (Å²) >= 11 is 0. The highest BCUT2D eigenvalue weighted by Gasteiger charge is 2.72. The number of nitrogens with zero attached hydrogens (tertiary/aromatic N) is 2. The Labute approximate surface area is 309 Å². The molecule has 11 atom stereocenters. The molecular formula is C44H70N2O5. The van der Waals surface area contributed by atoms with Gasteiger partial charge in [0.2, 0.25) is 5.91 Å². The second-order valence-corrected chi connectivity index (χ2v) is 19.9. The van der Waals surface area contributed by atoms with Crippen LogP contribution < -0.4 is 0 Å². The van der Waals surface area contributed by atoms with E-state index in [0.717, 1.165) is 77.3 Å². The van der Waals surface area contributed by atoms with E-state index >= 15 is 4.79 Å². The van der Waals surface area contributed by atoms with Crippen LogP contribution in [0.3, 0.4) is 0 Å². The maximum atomic E-state index is 15.1. The Kier molecular flexibility index (Phi) is 9.87. The fraction of sp³-hybridized carbons (Fsp3) is 0.886. The summed E-state index contributed by atoms with van der Waals surface area (Å²) in [4.78, 5) is 44.6. The molecule has 0 unspecified atom stereocenters. The lowest BCUT2D eigenvalue weighted by molar-refractivity contribution is -0.257. The fourth-order valence-corrected chi connectivity index (χ4v) is 15.2. The van der Waals surface area contributed by atoms with Crippen LogP contribution in [-0.4, -0.2) is 72.6 Å². The van der Waals surface area contributed by atoms with Gasteiger partial charge in [-0.25, -0.2) is 0 Å². The first-order chi connectivity index (χ1) is 24.1. The van der Waals surface area contributed by atoms with E-state index < -0.39 is 5.41 Å². The van der Waals surface area contributed by atoms with Crippen LogP contribution in [0.1, 0.15) is 145 Å². The predicted molar refractivity (Wildman–Crippen MR) is 201 cm³/mol. The number of esters is 2. The van der Waals surface area contributed by atoms with E-state index in [2.05, 4.69) is 51.0 Å². The first kappa shape index (κ1) is 37.4. The Morgan fingerprint density at radius 2 is 1.41 bits per heavy atom. The van der Waals surface area contributed by atoms with Crippen LogP contribution in [0.5, 0.6) is 0 Å². The number of carbonyl (C=O) groups is 3. The molecule has 0 aromatic heterocycles. The molecule has 51 heavy (non-hydrogen) atoms.